The fraction of sp³-hybridized carbons (Fsp3) is 0.692. The molecule has 0 aliphatic carbocycles. The number of aliphatic carboxylic acids is 2. The van der Waals surface area contributed by atoms with E-state index in [-0.39, 0.29) is 24.3 Å². The molecule has 154 valence electrons. The molecule has 0 aromatic carbocycles. The van der Waals surface area contributed by atoms with Crippen molar-refractivity contribution in [3.8, 4) is 0 Å². The SMILES string of the molecule is Cl.N=C(N)NCCCC(N)C(=O)O.N=C(N)NCCCC[C@H](N)C(=O)O. The van der Waals surface area contributed by atoms with Gasteiger partial charge in [0.1, 0.15) is 12.1 Å². The molecule has 0 saturated heterocycles. The van der Waals surface area contributed by atoms with Crippen LogP contribution in [0.25, 0.3) is 0 Å². The molecule has 0 spiro atoms. The minimum absolute atomic E-state index is 0. The molecule has 0 bridgehead atoms. The minimum atomic E-state index is -1.00. The van der Waals surface area contributed by atoms with Gasteiger partial charge in [-0.05, 0) is 32.1 Å². The lowest BCUT2D eigenvalue weighted by Crippen LogP contribution is -2.34. The number of nitrogens with one attached hydrogen (secondary N) is 4. The highest BCUT2D eigenvalue weighted by Crippen LogP contribution is 1.97. The van der Waals surface area contributed by atoms with E-state index in [1.165, 1.54) is 0 Å². The summed E-state index contributed by atoms with van der Waals surface area (Å²) in [7, 11) is 0. The normalized spacial score (nSPS) is 11.6. The highest BCUT2D eigenvalue weighted by Gasteiger charge is 2.10. The summed E-state index contributed by atoms with van der Waals surface area (Å²) in [6.07, 6.45) is 2.91. The summed E-state index contributed by atoms with van der Waals surface area (Å²) in [5.74, 6) is -2.15. The highest BCUT2D eigenvalue weighted by atomic mass is 35.5. The summed E-state index contributed by atoms with van der Waals surface area (Å²) in [5.41, 5.74) is 20.5. The molecule has 0 aromatic heterocycles. The molecular weight excluding hydrogens is 368 g/mol. The maximum atomic E-state index is 10.3. The summed E-state index contributed by atoms with van der Waals surface area (Å²) in [4.78, 5) is 20.5. The first-order valence-corrected chi connectivity index (χ1v) is 7.70. The van der Waals surface area contributed by atoms with Crippen LogP contribution in [0, 0.1) is 10.8 Å². The van der Waals surface area contributed by atoms with Crippen LogP contribution in [0.3, 0.4) is 0 Å². The summed E-state index contributed by atoms with van der Waals surface area (Å²) < 4.78 is 0. The Morgan fingerprint density at radius 1 is 0.808 bits per heavy atom. The van der Waals surface area contributed by atoms with Gasteiger partial charge in [-0.2, -0.15) is 0 Å². The predicted octanol–water partition coefficient (Wildman–Crippen LogP) is -1.86. The Morgan fingerprint density at radius 2 is 1.15 bits per heavy atom. The number of halogens is 1. The lowest BCUT2D eigenvalue weighted by molar-refractivity contribution is -0.139. The van der Waals surface area contributed by atoms with Crippen molar-refractivity contribution in [2.75, 3.05) is 13.1 Å². The topological polar surface area (TPSA) is 250 Å². The Morgan fingerprint density at radius 3 is 1.50 bits per heavy atom. The van der Waals surface area contributed by atoms with Gasteiger partial charge in [-0.25, -0.2) is 0 Å². The predicted molar refractivity (Wildman–Crippen MR) is 101 cm³/mol. The molecule has 0 radical (unpaired) electrons. The number of guanidine groups is 2. The molecule has 12 nitrogen and oxygen atoms in total. The lowest BCUT2D eigenvalue weighted by Gasteiger charge is -2.06. The molecule has 0 fully saturated rings. The summed E-state index contributed by atoms with van der Waals surface area (Å²) >= 11 is 0. The number of hydrogen-bond donors (Lipinski definition) is 10. The number of carbonyl (C=O) groups is 2. The lowest BCUT2D eigenvalue weighted by atomic mass is 10.1. The van der Waals surface area contributed by atoms with Gasteiger partial charge in [0.05, 0.1) is 0 Å². The molecule has 0 aromatic rings. The Labute approximate surface area is 158 Å². The number of rotatable bonds is 11. The van der Waals surface area contributed by atoms with Crippen LogP contribution in [0.5, 0.6) is 0 Å². The molecule has 0 heterocycles. The smallest absolute Gasteiger partial charge is 0.320 e. The molecule has 14 N–H and O–H groups in total. The van der Waals surface area contributed by atoms with E-state index < -0.39 is 24.0 Å². The van der Waals surface area contributed by atoms with Crippen molar-refractivity contribution in [3.63, 3.8) is 0 Å². The van der Waals surface area contributed by atoms with Gasteiger partial charge in [0.15, 0.2) is 11.9 Å². The van der Waals surface area contributed by atoms with Crippen molar-refractivity contribution >= 4 is 36.3 Å². The maximum Gasteiger partial charge on any atom is 0.320 e. The molecule has 0 saturated carbocycles. The molecule has 1 unspecified atom stereocenters. The Hall–Kier alpha value is -2.31. The van der Waals surface area contributed by atoms with Gasteiger partial charge in [0.25, 0.3) is 0 Å². The van der Waals surface area contributed by atoms with Crippen LogP contribution in [-0.4, -0.2) is 59.2 Å². The number of nitrogens with two attached hydrogens (primary N) is 4. The number of unbranched alkanes of at least 4 members (excludes halogenated alkanes) is 1. The van der Waals surface area contributed by atoms with E-state index in [2.05, 4.69) is 10.6 Å². The third kappa shape index (κ3) is 21.7. The Kier molecular flexibility index (Phi) is 19.2. The van der Waals surface area contributed by atoms with Crippen LogP contribution in [0.4, 0.5) is 0 Å². The van der Waals surface area contributed by atoms with Gasteiger partial charge in [0, 0.05) is 13.1 Å². The van der Waals surface area contributed by atoms with Gasteiger partial charge in [-0.15, -0.1) is 12.4 Å². The van der Waals surface area contributed by atoms with E-state index in [1.807, 2.05) is 0 Å². The monoisotopic (exact) mass is 398 g/mol. The van der Waals surface area contributed by atoms with Crippen molar-refractivity contribution in [2.45, 2.75) is 44.2 Å². The molecule has 26 heavy (non-hydrogen) atoms. The van der Waals surface area contributed by atoms with Crippen LogP contribution in [-0.2, 0) is 9.59 Å². The van der Waals surface area contributed by atoms with Gasteiger partial charge in [-0.3, -0.25) is 20.4 Å². The molecule has 0 amide bonds. The fourth-order valence-corrected chi connectivity index (χ4v) is 1.50. The Bertz CT molecular complexity index is 438. The highest BCUT2D eigenvalue weighted by molar-refractivity contribution is 5.85. The summed E-state index contributed by atoms with van der Waals surface area (Å²) in [5, 5.41) is 35.6. The van der Waals surface area contributed by atoms with Crippen molar-refractivity contribution < 1.29 is 19.8 Å². The zero-order valence-corrected chi connectivity index (χ0v) is 15.3. The number of carboxylic acid groups (broad SMARTS) is 2. The van der Waals surface area contributed by atoms with Crippen LogP contribution < -0.4 is 33.6 Å². The zero-order chi connectivity index (χ0) is 19.8. The van der Waals surface area contributed by atoms with Crippen LogP contribution in [0.2, 0.25) is 0 Å². The molecular formula is C13H31ClN8O4. The largest absolute Gasteiger partial charge is 0.480 e. The quantitative estimate of drug-likeness (QED) is 0.105. The second-order valence-corrected chi connectivity index (χ2v) is 5.21. The molecule has 0 aliphatic heterocycles. The first-order valence-electron chi connectivity index (χ1n) is 7.70. The van der Waals surface area contributed by atoms with E-state index in [0.717, 1.165) is 6.42 Å². The van der Waals surface area contributed by atoms with Crippen LogP contribution in [0.1, 0.15) is 32.1 Å². The summed E-state index contributed by atoms with van der Waals surface area (Å²) in [6.45, 7) is 1.07. The van der Waals surface area contributed by atoms with Gasteiger partial charge in [0.2, 0.25) is 0 Å². The van der Waals surface area contributed by atoms with Crippen molar-refractivity contribution in [3.05, 3.63) is 0 Å². The van der Waals surface area contributed by atoms with E-state index in [4.69, 9.17) is 44.0 Å². The van der Waals surface area contributed by atoms with Crippen molar-refractivity contribution in [1.82, 2.24) is 10.6 Å². The van der Waals surface area contributed by atoms with Crippen molar-refractivity contribution in [2.24, 2.45) is 22.9 Å². The third-order valence-electron chi connectivity index (χ3n) is 2.90. The van der Waals surface area contributed by atoms with E-state index >= 15 is 0 Å². The van der Waals surface area contributed by atoms with E-state index in [0.29, 0.717) is 38.8 Å². The maximum absolute atomic E-state index is 10.3. The van der Waals surface area contributed by atoms with E-state index in [9.17, 15) is 9.59 Å². The average molecular weight is 399 g/mol. The average Bonchev–Trinajstić information content (AvgIpc) is 2.50. The summed E-state index contributed by atoms with van der Waals surface area (Å²) in [6, 6.07) is -1.60. The standard InChI is InChI=1S/C7H16N4O2.C6H14N4O2.ClH/c8-5(6(12)13)3-1-2-4-11-7(9)10;7-4(5(11)12)2-1-3-10-6(8)9;/h5H,1-4,8H2,(H,12,13)(H4,9,10,11);4H,1-3,7H2,(H,11,12)(H4,8,9,10);1H/t5-;;/m0../s1. The zero-order valence-electron chi connectivity index (χ0n) is 14.5. The second kappa shape index (κ2) is 17.5. The Balaban J connectivity index is -0.000000393. The number of carboxylic acids is 2. The molecule has 0 aliphatic rings. The fourth-order valence-electron chi connectivity index (χ4n) is 1.50. The van der Waals surface area contributed by atoms with Gasteiger partial charge in [-0.1, -0.05) is 0 Å². The van der Waals surface area contributed by atoms with E-state index in [1.54, 1.807) is 0 Å². The van der Waals surface area contributed by atoms with Gasteiger partial charge < -0.3 is 43.8 Å². The second-order valence-electron chi connectivity index (χ2n) is 5.21. The molecule has 0 rings (SSSR count). The first kappa shape index (κ1) is 28.5. The van der Waals surface area contributed by atoms with Crippen molar-refractivity contribution in [1.29, 1.82) is 10.8 Å². The molecule has 13 heteroatoms. The minimum Gasteiger partial charge on any atom is -0.480 e. The first-order chi connectivity index (χ1) is 11.6. The third-order valence-corrected chi connectivity index (χ3v) is 2.90. The molecule has 2 atom stereocenters. The van der Waals surface area contributed by atoms with Gasteiger partial charge >= 0.3 is 11.9 Å². The van der Waals surface area contributed by atoms with Crippen LogP contribution >= 0.6 is 12.4 Å². The number of hydrogen-bond acceptors (Lipinski definition) is 6. The van der Waals surface area contributed by atoms with Crippen LogP contribution in [0.15, 0.2) is 0 Å².